The van der Waals surface area contributed by atoms with Gasteiger partial charge in [-0.2, -0.15) is 0 Å². The van der Waals surface area contributed by atoms with Crippen molar-refractivity contribution in [1.82, 2.24) is 15.1 Å². The lowest BCUT2D eigenvalue weighted by Gasteiger charge is -2.34. The highest BCUT2D eigenvalue weighted by Gasteiger charge is 2.24. The molecule has 92 valence electrons. The highest BCUT2D eigenvalue weighted by Crippen LogP contribution is 2.25. The lowest BCUT2D eigenvalue weighted by Crippen LogP contribution is -2.46. The van der Waals surface area contributed by atoms with E-state index >= 15 is 0 Å². The van der Waals surface area contributed by atoms with Crippen molar-refractivity contribution in [1.29, 1.82) is 0 Å². The van der Waals surface area contributed by atoms with Crippen molar-refractivity contribution in [3.63, 3.8) is 0 Å². The summed E-state index contributed by atoms with van der Waals surface area (Å²) in [6, 6.07) is 9.35. The van der Waals surface area contributed by atoms with Gasteiger partial charge in [0.1, 0.15) is 0 Å². The zero-order chi connectivity index (χ0) is 11.7. The molecule has 3 heteroatoms. The van der Waals surface area contributed by atoms with Gasteiger partial charge in [-0.05, 0) is 18.2 Å². The molecule has 0 saturated carbocycles. The lowest BCUT2D eigenvalue weighted by atomic mass is 10.0. The summed E-state index contributed by atoms with van der Waals surface area (Å²) in [7, 11) is 2.21. The van der Waals surface area contributed by atoms with Crippen molar-refractivity contribution in [3.8, 4) is 0 Å². The molecule has 1 fully saturated rings. The average molecular weight is 231 g/mol. The first-order valence-electron chi connectivity index (χ1n) is 6.55. The molecule has 0 amide bonds. The van der Waals surface area contributed by atoms with E-state index in [9.17, 15) is 0 Å². The van der Waals surface area contributed by atoms with Crippen LogP contribution in [-0.4, -0.2) is 49.6 Å². The van der Waals surface area contributed by atoms with Gasteiger partial charge in [-0.3, -0.25) is 4.90 Å². The molecular formula is C14H21N3. The summed E-state index contributed by atoms with van der Waals surface area (Å²) in [5, 5.41) is 3.63. The predicted octanol–water partition coefficient (Wildman–Crippen LogP) is 1.08. The van der Waals surface area contributed by atoms with Gasteiger partial charge in [-0.1, -0.05) is 24.3 Å². The number of rotatable bonds is 2. The minimum absolute atomic E-state index is 0.537. The number of nitrogens with one attached hydrogen (secondary N) is 1. The minimum Gasteiger partial charge on any atom is -0.305 e. The zero-order valence-electron chi connectivity index (χ0n) is 10.5. The molecule has 3 rings (SSSR count). The second kappa shape index (κ2) is 4.77. The average Bonchev–Trinajstić information content (AvgIpc) is 2.76. The SMILES string of the molecule is CN1CCN(CC2NCc3ccccc32)CC1. The molecule has 1 N–H and O–H groups in total. The molecule has 0 spiro atoms. The van der Waals surface area contributed by atoms with Crippen molar-refractivity contribution >= 4 is 0 Å². The molecule has 2 heterocycles. The molecule has 1 atom stereocenters. The fraction of sp³-hybridized carbons (Fsp3) is 0.571. The van der Waals surface area contributed by atoms with Crippen LogP contribution in [0.1, 0.15) is 17.2 Å². The third kappa shape index (κ3) is 2.37. The highest BCUT2D eigenvalue weighted by molar-refractivity contribution is 5.33. The Balaban J connectivity index is 1.64. The minimum atomic E-state index is 0.537. The molecular weight excluding hydrogens is 210 g/mol. The van der Waals surface area contributed by atoms with Gasteiger partial charge in [0, 0.05) is 45.3 Å². The Morgan fingerprint density at radius 1 is 1.18 bits per heavy atom. The van der Waals surface area contributed by atoms with Crippen LogP contribution in [-0.2, 0) is 6.54 Å². The zero-order valence-corrected chi connectivity index (χ0v) is 10.5. The Hall–Kier alpha value is -0.900. The number of nitrogens with zero attached hydrogens (tertiary/aromatic N) is 2. The first-order valence-corrected chi connectivity index (χ1v) is 6.55. The van der Waals surface area contributed by atoms with Crippen LogP contribution in [0.2, 0.25) is 0 Å². The monoisotopic (exact) mass is 231 g/mol. The first kappa shape index (κ1) is 11.2. The van der Waals surface area contributed by atoms with Gasteiger partial charge >= 0.3 is 0 Å². The highest BCUT2D eigenvalue weighted by atomic mass is 15.3. The summed E-state index contributed by atoms with van der Waals surface area (Å²) in [6.07, 6.45) is 0. The van der Waals surface area contributed by atoms with Crippen LogP contribution < -0.4 is 5.32 Å². The molecule has 17 heavy (non-hydrogen) atoms. The Kier molecular flexibility index (Phi) is 3.14. The lowest BCUT2D eigenvalue weighted by molar-refractivity contribution is 0.143. The predicted molar refractivity (Wildman–Crippen MR) is 70.0 cm³/mol. The van der Waals surface area contributed by atoms with Gasteiger partial charge < -0.3 is 10.2 Å². The van der Waals surface area contributed by atoms with Crippen molar-refractivity contribution in [2.45, 2.75) is 12.6 Å². The third-order valence-corrected chi connectivity index (χ3v) is 4.01. The summed E-state index contributed by atoms with van der Waals surface area (Å²) >= 11 is 0. The summed E-state index contributed by atoms with van der Waals surface area (Å²) in [4.78, 5) is 4.99. The Bertz CT molecular complexity index is 383. The standard InChI is InChI=1S/C14H21N3/c1-16-6-8-17(9-7-16)11-14-13-5-3-2-4-12(13)10-15-14/h2-5,14-15H,6-11H2,1H3. The molecule has 1 aromatic rings. The van der Waals surface area contributed by atoms with Gasteiger partial charge in [0.05, 0.1) is 0 Å². The van der Waals surface area contributed by atoms with E-state index in [1.807, 2.05) is 0 Å². The van der Waals surface area contributed by atoms with E-state index in [1.165, 1.54) is 37.3 Å². The second-order valence-electron chi connectivity index (χ2n) is 5.24. The van der Waals surface area contributed by atoms with Crippen LogP contribution in [0.5, 0.6) is 0 Å². The van der Waals surface area contributed by atoms with E-state index in [0.717, 1.165) is 13.1 Å². The smallest absolute Gasteiger partial charge is 0.0455 e. The van der Waals surface area contributed by atoms with Crippen molar-refractivity contribution in [3.05, 3.63) is 35.4 Å². The Morgan fingerprint density at radius 2 is 1.94 bits per heavy atom. The molecule has 2 aliphatic rings. The fourth-order valence-electron chi connectivity index (χ4n) is 2.83. The van der Waals surface area contributed by atoms with Crippen molar-refractivity contribution in [2.24, 2.45) is 0 Å². The number of piperazine rings is 1. The summed E-state index contributed by atoms with van der Waals surface area (Å²) in [6.45, 7) is 7.01. The van der Waals surface area contributed by atoms with Crippen LogP contribution in [0.4, 0.5) is 0 Å². The van der Waals surface area contributed by atoms with Crippen LogP contribution in [0.3, 0.4) is 0 Å². The summed E-state index contributed by atoms with van der Waals surface area (Å²) < 4.78 is 0. The van der Waals surface area contributed by atoms with Crippen LogP contribution in [0, 0.1) is 0 Å². The maximum Gasteiger partial charge on any atom is 0.0455 e. The molecule has 3 nitrogen and oxygen atoms in total. The largest absolute Gasteiger partial charge is 0.305 e. The number of fused-ring (bicyclic) bond motifs is 1. The van der Waals surface area contributed by atoms with E-state index in [2.05, 4.69) is 46.4 Å². The quantitative estimate of drug-likeness (QED) is 0.821. The number of likely N-dealkylation sites (N-methyl/N-ethyl adjacent to an activating group) is 1. The van der Waals surface area contributed by atoms with Crippen molar-refractivity contribution < 1.29 is 0 Å². The van der Waals surface area contributed by atoms with Gasteiger partial charge in [0.2, 0.25) is 0 Å². The molecule has 0 aliphatic carbocycles. The maximum atomic E-state index is 3.63. The molecule has 1 saturated heterocycles. The Morgan fingerprint density at radius 3 is 2.76 bits per heavy atom. The van der Waals surface area contributed by atoms with E-state index in [4.69, 9.17) is 0 Å². The summed E-state index contributed by atoms with van der Waals surface area (Å²) in [5.41, 5.74) is 2.98. The van der Waals surface area contributed by atoms with Crippen molar-refractivity contribution in [2.75, 3.05) is 39.8 Å². The number of hydrogen-bond donors (Lipinski definition) is 1. The molecule has 1 unspecified atom stereocenters. The third-order valence-electron chi connectivity index (χ3n) is 4.01. The normalized spacial score (nSPS) is 26.1. The van der Waals surface area contributed by atoms with Gasteiger partial charge in [0.25, 0.3) is 0 Å². The fourth-order valence-corrected chi connectivity index (χ4v) is 2.83. The van der Waals surface area contributed by atoms with E-state index in [0.29, 0.717) is 6.04 Å². The van der Waals surface area contributed by atoms with E-state index in [1.54, 1.807) is 0 Å². The van der Waals surface area contributed by atoms with E-state index in [-0.39, 0.29) is 0 Å². The molecule has 0 aromatic heterocycles. The maximum absolute atomic E-state index is 3.63. The molecule has 1 aromatic carbocycles. The van der Waals surface area contributed by atoms with Crippen LogP contribution in [0.15, 0.2) is 24.3 Å². The number of hydrogen-bond acceptors (Lipinski definition) is 3. The van der Waals surface area contributed by atoms with Gasteiger partial charge in [-0.15, -0.1) is 0 Å². The van der Waals surface area contributed by atoms with Gasteiger partial charge in [0.15, 0.2) is 0 Å². The van der Waals surface area contributed by atoms with Gasteiger partial charge in [-0.25, -0.2) is 0 Å². The first-order chi connectivity index (χ1) is 8.33. The van der Waals surface area contributed by atoms with Crippen LogP contribution >= 0.6 is 0 Å². The topological polar surface area (TPSA) is 18.5 Å². The second-order valence-corrected chi connectivity index (χ2v) is 5.24. The summed E-state index contributed by atoms with van der Waals surface area (Å²) in [5.74, 6) is 0. The Labute approximate surface area is 103 Å². The number of benzene rings is 1. The molecule has 0 bridgehead atoms. The molecule has 2 aliphatic heterocycles. The van der Waals surface area contributed by atoms with Crippen LogP contribution in [0.25, 0.3) is 0 Å². The van der Waals surface area contributed by atoms with E-state index < -0.39 is 0 Å². The molecule has 0 radical (unpaired) electrons.